The number of sulfone groups is 1. The smallest absolute Gasteiger partial charge is 0.234 e. The van der Waals surface area contributed by atoms with E-state index in [1.165, 1.54) is 18.0 Å². The van der Waals surface area contributed by atoms with Gasteiger partial charge in [0, 0.05) is 23.4 Å². The van der Waals surface area contributed by atoms with Crippen LogP contribution in [0.2, 0.25) is 5.02 Å². The minimum Gasteiger partial charge on any atom is -0.325 e. The van der Waals surface area contributed by atoms with Gasteiger partial charge in [-0.3, -0.25) is 4.79 Å². The van der Waals surface area contributed by atoms with Crippen LogP contribution in [0.3, 0.4) is 0 Å². The predicted octanol–water partition coefficient (Wildman–Crippen LogP) is 3.70. The Hall–Kier alpha value is -1.83. The Bertz CT molecular complexity index is 954. The van der Waals surface area contributed by atoms with Gasteiger partial charge in [0.2, 0.25) is 5.91 Å². The lowest BCUT2D eigenvalue weighted by Crippen LogP contribution is -2.15. The van der Waals surface area contributed by atoms with E-state index in [2.05, 4.69) is 10.3 Å². The molecule has 25 heavy (non-hydrogen) atoms. The average Bonchev–Trinajstić information content (AvgIpc) is 2.96. The minimum atomic E-state index is -3.25. The first-order valence-electron chi connectivity index (χ1n) is 7.40. The summed E-state index contributed by atoms with van der Waals surface area (Å²) in [5, 5.41) is 4.20. The van der Waals surface area contributed by atoms with Gasteiger partial charge in [-0.15, -0.1) is 11.8 Å². The molecular weight excluding hydrogens is 380 g/mol. The Morgan fingerprint density at radius 2 is 1.96 bits per heavy atom. The largest absolute Gasteiger partial charge is 0.325 e. The zero-order chi connectivity index (χ0) is 18.0. The van der Waals surface area contributed by atoms with E-state index in [9.17, 15) is 13.2 Å². The van der Waals surface area contributed by atoms with E-state index in [-0.39, 0.29) is 16.6 Å². The molecular formula is C17H15ClN2O3S2. The monoisotopic (exact) mass is 394 g/mol. The van der Waals surface area contributed by atoms with Crippen molar-refractivity contribution >= 4 is 55.5 Å². The van der Waals surface area contributed by atoms with E-state index in [0.717, 1.165) is 10.6 Å². The number of anilines is 1. The number of hydrogen-bond donors (Lipinski definition) is 1. The third kappa shape index (κ3) is 4.62. The Balaban J connectivity index is 1.60. The summed E-state index contributed by atoms with van der Waals surface area (Å²) in [4.78, 5) is 16.7. The standard InChI is InChI=1S/C17H15ClN2O3S2/c1-25(22,23)14-7-2-11-8-17(20-15(11)9-14)24-10-16(21)19-13-5-3-12(18)4-6-13/h2-7,9H,8,10H2,1H3,(H,19,21). The van der Waals surface area contributed by atoms with Crippen LogP contribution < -0.4 is 5.32 Å². The number of benzene rings is 2. The lowest BCUT2D eigenvalue weighted by Gasteiger charge is -2.05. The molecule has 0 fully saturated rings. The number of carbonyl (C=O) groups excluding carboxylic acids is 1. The molecule has 0 spiro atoms. The van der Waals surface area contributed by atoms with Crippen LogP contribution >= 0.6 is 23.4 Å². The predicted molar refractivity (Wildman–Crippen MR) is 103 cm³/mol. The van der Waals surface area contributed by atoms with Crippen molar-refractivity contribution in [3.63, 3.8) is 0 Å². The molecule has 1 amide bonds. The number of nitrogens with one attached hydrogen (secondary N) is 1. The number of carbonyl (C=O) groups is 1. The SMILES string of the molecule is CS(=O)(=O)c1ccc2c(c1)N=C(SCC(=O)Nc1ccc(Cl)cc1)C2. The molecule has 0 atom stereocenters. The fourth-order valence-electron chi connectivity index (χ4n) is 2.33. The van der Waals surface area contributed by atoms with Gasteiger partial charge in [-0.1, -0.05) is 17.7 Å². The molecule has 1 aliphatic rings. The molecule has 1 N–H and O–H groups in total. The molecule has 0 unspecified atom stereocenters. The van der Waals surface area contributed by atoms with E-state index in [1.807, 2.05) is 0 Å². The lowest BCUT2D eigenvalue weighted by atomic mass is 10.2. The summed E-state index contributed by atoms with van der Waals surface area (Å²) in [5.41, 5.74) is 2.31. The summed E-state index contributed by atoms with van der Waals surface area (Å²) in [6, 6.07) is 11.8. The molecule has 5 nitrogen and oxygen atoms in total. The summed E-state index contributed by atoms with van der Waals surface area (Å²) >= 11 is 7.16. The molecule has 1 aliphatic heterocycles. The fourth-order valence-corrected chi connectivity index (χ4v) is 3.88. The van der Waals surface area contributed by atoms with Crippen molar-refractivity contribution in [1.29, 1.82) is 0 Å². The number of rotatable bonds is 4. The zero-order valence-electron chi connectivity index (χ0n) is 13.3. The number of halogens is 1. The molecule has 0 saturated carbocycles. The molecule has 0 radical (unpaired) electrons. The normalized spacial score (nSPS) is 13.3. The van der Waals surface area contributed by atoms with Crippen molar-refractivity contribution < 1.29 is 13.2 Å². The van der Waals surface area contributed by atoms with Gasteiger partial charge < -0.3 is 5.32 Å². The maximum Gasteiger partial charge on any atom is 0.234 e. The second-order valence-electron chi connectivity index (χ2n) is 5.59. The number of hydrogen-bond acceptors (Lipinski definition) is 5. The van der Waals surface area contributed by atoms with Gasteiger partial charge in [0.25, 0.3) is 0 Å². The summed E-state index contributed by atoms with van der Waals surface area (Å²) in [5.74, 6) is 0.0942. The van der Waals surface area contributed by atoms with Gasteiger partial charge in [0.1, 0.15) is 0 Å². The number of fused-ring (bicyclic) bond motifs is 1. The van der Waals surface area contributed by atoms with Gasteiger partial charge >= 0.3 is 0 Å². The molecule has 0 bridgehead atoms. The highest BCUT2D eigenvalue weighted by Gasteiger charge is 2.18. The minimum absolute atomic E-state index is 0.136. The molecule has 8 heteroatoms. The van der Waals surface area contributed by atoms with Gasteiger partial charge in [0.05, 0.1) is 21.4 Å². The second-order valence-corrected chi connectivity index (χ2v) is 9.09. The Labute approximate surface area is 155 Å². The molecule has 2 aromatic rings. The number of amides is 1. The number of aliphatic imine (C=N–C) groups is 1. The first kappa shape index (κ1) is 18.0. The molecule has 0 aromatic heterocycles. The van der Waals surface area contributed by atoms with Gasteiger partial charge in [-0.25, -0.2) is 13.4 Å². The summed E-state index contributed by atoms with van der Waals surface area (Å²) in [6.07, 6.45) is 1.78. The van der Waals surface area contributed by atoms with E-state index < -0.39 is 9.84 Å². The molecule has 2 aromatic carbocycles. The Morgan fingerprint density at radius 3 is 2.64 bits per heavy atom. The van der Waals surface area contributed by atoms with Crippen LogP contribution in [0.25, 0.3) is 0 Å². The van der Waals surface area contributed by atoms with Gasteiger partial charge in [-0.05, 0) is 42.0 Å². The van der Waals surface area contributed by atoms with E-state index in [1.54, 1.807) is 42.5 Å². The van der Waals surface area contributed by atoms with Crippen LogP contribution in [0.5, 0.6) is 0 Å². The van der Waals surface area contributed by atoms with Crippen molar-refractivity contribution in [3.05, 3.63) is 53.1 Å². The third-order valence-electron chi connectivity index (χ3n) is 3.57. The molecule has 130 valence electrons. The summed E-state index contributed by atoms with van der Waals surface area (Å²) in [7, 11) is -3.25. The average molecular weight is 395 g/mol. The maximum atomic E-state index is 12.0. The van der Waals surface area contributed by atoms with E-state index >= 15 is 0 Å². The van der Waals surface area contributed by atoms with Gasteiger partial charge in [0.15, 0.2) is 9.84 Å². The molecule has 3 rings (SSSR count). The lowest BCUT2D eigenvalue weighted by molar-refractivity contribution is -0.113. The number of nitrogens with zero attached hydrogens (tertiary/aromatic N) is 1. The Morgan fingerprint density at radius 1 is 1.24 bits per heavy atom. The first-order chi connectivity index (χ1) is 11.8. The van der Waals surface area contributed by atoms with Crippen molar-refractivity contribution in [2.75, 3.05) is 17.3 Å². The summed E-state index contributed by atoms with van der Waals surface area (Å²) < 4.78 is 23.2. The quantitative estimate of drug-likeness (QED) is 0.857. The zero-order valence-corrected chi connectivity index (χ0v) is 15.7. The van der Waals surface area contributed by atoms with Crippen LogP contribution in [0, 0.1) is 0 Å². The van der Waals surface area contributed by atoms with E-state index in [4.69, 9.17) is 11.6 Å². The van der Waals surface area contributed by atoms with Crippen molar-refractivity contribution in [2.45, 2.75) is 11.3 Å². The highest BCUT2D eigenvalue weighted by atomic mass is 35.5. The molecule has 0 saturated heterocycles. The highest BCUT2D eigenvalue weighted by Crippen LogP contribution is 2.32. The van der Waals surface area contributed by atoms with Crippen molar-refractivity contribution in [2.24, 2.45) is 4.99 Å². The number of thioether (sulfide) groups is 1. The fraction of sp³-hybridized carbons (Fsp3) is 0.176. The van der Waals surface area contributed by atoms with Crippen LogP contribution in [0.4, 0.5) is 11.4 Å². The Kier molecular flexibility index (Phi) is 5.17. The van der Waals surface area contributed by atoms with Crippen LogP contribution in [-0.2, 0) is 21.1 Å². The maximum absolute atomic E-state index is 12.0. The topological polar surface area (TPSA) is 75.6 Å². The van der Waals surface area contributed by atoms with E-state index in [0.29, 0.717) is 22.8 Å². The highest BCUT2D eigenvalue weighted by molar-refractivity contribution is 8.14. The van der Waals surface area contributed by atoms with Crippen LogP contribution in [0.1, 0.15) is 5.56 Å². The summed E-state index contributed by atoms with van der Waals surface area (Å²) in [6.45, 7) is 0. The second kappa shape index (κ2) is 7.19. The van der Waals surface area contributed by atoms with Gasteiger partial charge in [-0.2, -0.15) is 0 Å². The third-order valence-corrected chi connectivity index (χ3v) is 5.91. The molecule has 0 aliphatic carbocycles. The molecule has 1 heterocycles. The first-order valence-corrected chi connectivity index (χ1v) is 10.7. The van der Waals surface area contributed by atoms with Crippen LogP contribution in [0.15, 0.2) is 52.4 Å². The van der Waals surface area contributed by atoms with Crippen LogP contribution in [-0.4, -0.2) is 31.4 Å². The van der Waals surface area contributed by atoms with Crippen molar-refractivity contribution in [3.8, 4) is 0 Å². The van der Waals surface area contributed by atoms with Crippen molar-refractivity contribution in [1.82, 2.24) is 0 Å².